The number of hydrogen-bond donors (Lipinski definition) is 0. The number of rotatable bonds is 8. The SMILES string of the molecule is CCCCCCC(CCC)c1ccc2c(c1)oc1ccccc12. The van der Waals surface area contributed by atoms with Crippen LogP contribution in [0.2, 0.25) is 0 Å². The minimum Gasteiger partial charge on any atom is -0.456 e. The minimum absolute atomic E-state index is 0.675. The van der Waals surface area contributed by atoms with Crippen molar-refractivity contribution in [2.24, 2.45) is 0 Å². The molecule has 0 aliphatic carbocycles. The third kappa shape index (κ3) is 3.60. The standard InChI is InChI=1S/C22H28O/c1-3-5-6-7-11-17(10-4-2)18-14-15-20-19-12-8-9-13-21(19)23-22(20)16-18/h8-9,12-17H,3-7,10-11H2,1-2H3. The van der Waals surface area contributed by atoms with Gasteiger partial charge in [0.15, 0.2) is 0 Å². The predicted octanol–water partition coefficient (Wildman–Crippen LogP) is 7.44. The second-order valence-electron chi connectivity index (χ2n) is 6.69. The van der Waals surface area contributed by atoms with Gasteiger partial charge in [-0.15, -0.1) is 0 Å². The van der Waals surface area contributed by atoms with Crippen LogP contribution in [0.3, 0.4) is 0 Å². The first-order valence-electron chi connectivity index (χ1n) is 9.24. The number of benzene rings is 2. The van der Waals surface area contributed by atoms with Crippen LogP contribution in [0.4, 0.5) is 0 Å². The average Bonchev–Trinajstić information content (AvgIpc) is 2.95. The first-order chi connectivity index (χ1) is 11.3. The van der Waals surface area contributed by atoms with Crippen molar-refractivity contribution in [3.05, 3.63) is 48.0 Å². The van der Waals surface area contributed by atoms with E-state index in [1.807, 2.05) is 6.07 Å². The normalized spacial score (nSPS) is 13.0. The molecule has 1 unspecified atom stereocenters. The molecule has 0 amide bonds. The van der Waals surface area contributed by atoms with E-state index >= 15 is 0 Å². The van der Waals surface area contributed by atoms with E-state index in [1.165, 1.54) is 61.3 Å². The van der Waals surface area contributed by atoms with Crippen LogP contribution in [0.15, 0.2) is 46.9 Å². The maximum Gasteiger partial charge on any atom is 0.135 e. The van der Waals surface area contributed by atoms with Gasteiger partial charge >= 0.3 is 0 Å². The quantitative estimate of drug-likeness (QED) is 0.394. The molecule has 1 heterocycles. The Morgan fingerprint density at radius 2 is 1.61 bits per heavy atom. The molecule has 1 aromatic heterocycles. The summed E-state index contributed by atoms with van der Waals surface area (Å²) in [5.41, 5.74) is 3.49. The Bertz CT molecular complexity index is 753. The monoisotopic (exact) mass is 308 g/mol. The molecular weight excluding hydrogens is 280 g/mol. The molecule has 0 spiro atoms. The van der Waals surface area contributed by atoms with Crippen LogP contribution in [-0.4, -0.2) is 0 Å². The van der Waals surface area contributed by atoms with Gasteiger partial charge in [-0.1, -0.05) is 76.3 Å². The summed E-state index contributed by atoms with van der Waals surface area (Å²) in [7, 11) is 0. The van der Waals surface area contributed by atoms with Gasteiger partial charge in [0, 0.05) is 10.8 Å². The van der Waals surface area contributed by atoms with Crippen LogP contribution in [0, 0.1) is 0 Å². The fourth-order valence-corrected chi connectivity index (χ4v) is 3.64. The summed E-state index contributed by atoms with van der Waals surface area (Å²) in [6.07, 6.45) is 9.21. The molecule has 0 saturated carbocycles. The molecule has 0 fully saturated rings. The van der Waals surface area contributed by atoms with Gasteiger partial charge in [0.25, 0.3) is 0 Å². The first kappa shape index (κ1) is 16.1. The molecular formula is C22H28O. The highest BCUT2D eigenvalue weighted by Gasteiger charge is 2.13. The van der Waals surface area contributed by atoms with Crippen LogP contribution < -0.4 is 0 Å². The summed E-state index contributed by atoms with van der Waals surface area (Å²) in [4.78, 5) is 0. The zero-order chi connectivity index (χ0) is 16.1. The van der Waals surface area contributed by atoms with E-state index in [2.05, 4.69) is 50.2 Å². The van der Waals surface area contributed by atoms with Crippen LogP contribution in [0.1, 0.15) is 70.3 Å². The molecule has 1 heteroatoms. The third-order valence-corrected chi connectivity index (χ3v) is 4.92. The van der Waals surface area contributed by atoms with E-state index < -0.39 is 0 Å². The fourth-order valence-electron chi connectivity index (χ4n) is 3.64. The molecule has 23 heavy (non-hydrogen) atoms. The van der Waals surface area contributed by atoms with Gasteiger partial charge in [-0.2, -0.15) is 0 Å². The molecule has 3 aromatic rings. The molecule has 0 bridgehead atoms. The topological polar surface area (TPSA) is 13.1 Å². The van der Waals surface area contributed by atoms with Crippen LogP contribution in [0.25, 0.3) is 21.9 Å². The number of unbranched alkanes of at least 4 members (excludes halogenated alkanes) is 3. The zero-order valence-electron chi connectivity index (χ0n) is 14.5. The lowest BCUT2D eigenvalue weighted by molar-refractivity contribution is 0.521. The number of fused-ring (bicyclic) bond motifs is 3. The summed E-state index contributed by atoms with van der Waals surface area (Å²) in [5.74, 6) is 0.675. The number of para-hydroxylation sites is 1. The fraction of sp³-hybridized carbons (Fsp3) is 0.455. The Labute approximate surface area is 139 Å². The Hall–Kier alpha value is -1.76. The second-order valence-corrected chi connectivity index (χ2v) is 6.69. The van der Waals surface area contributed by atoms with E-state index in [0.717, 1.165) is 11.2 Å². The van der Waals surface area contributed by atoms with E-state index in [4.69, 9.17) is 4.42 Å². The summed E-state index contributed by atoms with van der Waals surface area (Å²) >= 11 is 0. The van der Waals surface area contributed by atoms with Gasteiger partial charge in [-0.25, -0.2) is 0 Å². The van der Waals surface area contributed by atoms with Crippen molar-refractivity contribution < 1.29 is 4.42 Å². The minimum atomic E-state index is 0.675. The number of furan rings is 1. The van der Waals surface area contributed by atoms with E-state index in [0.29, 0.717) is 5.92 Å². The van der Waals surface area contributed by atoms with Crippen molar-refractivity contribution >= 4 is 21.9 Å². The Morgan fingerprint density at radius 3 is 2.43 bits per heavy atom. The molecule has 122 valence electrons. The highest BCUT2D eigenvalue weighted by molar-refractivity contribution is 6.04. The molecule has 1 atom stereocenters. The summed E-state index contributed by atoms with van der Waals surface area (Å²) in [5, 5.41) is 2.47. The first-order valence-corrected chi connectivity index (χ1v) is 9.24. The number of hydrogen-bond acceptors (Lipinski definition) is 1. The lowest BCUT2D eigenvalue weighted by Gasteiger charge is -2.16. The van der Waals surface area contributed by atoms with E-state index in [-0.39, 0.29) is 0 Å². The third-order valence-electron chi connectivity index (χ3n) is 4.92. The van der Waals surface area contributed by atoms with Crippen LogP contribution in [0.5, 0.6) is 0 Å². The van der Waals surface area contributed by atoms with Gasteiger partial charge in [0.05, 0.1) is 0 Å². The molecule has 0 aliphatic heterocycles. The van der Waals surface area contributed by atoms with Gasteiger partial charge in [-0.05, 0) is 36.5 Å². The Morgan fingerprint density at radius 1 is 0.783 bits per heavy atom. The van der Waals surface area contributed by atoms with Crippen LogP contribution >= 0.6 is 0 Å². The van der Waals surface area contributed by atoms with E-state index in [9.17, 15) is 0 Å². The van der Waals surface area contributed by atoms with Crippen molar-refractivity contribution in [3.63, 3.8) is 0 Å². The smallest absolute Gasteiger partial charge is 0.135 e. The van der Waals surface area contributed by atoms with Crippen molar-refractivity contribution in [1.29, 1.82) is 0 Å². The average molecular weight is 308 g/mol. The highest BCUT2D eigenvalue weighted by Crippen LogP contribution is 2.33. The maximum absolute atomic E-state index is 6.06. The molecule has 3 rings (SSSR count). The van der Waals surface area contributed by atoms with Gasteiger partial charge in [0.2, 0.25) is 0 Å². The van der Waals surface area contributed by atoms with Gasteiger partial charge < -0.3 is 4.42 Å². The van der Waals surface area contributed by atoms with Gasteiger partial charge in [0.1, 0.15) is 11.2 Å². The Kier molecular flexibility index (Phi) is 5.38. The summed E-state index contributed by atoms with van der Waals surface area (Å²) < 4.78 is 6.06. The zero-order valence-corrected chi connectivity index (χ0v) is 14.5. The van der Waals surface area contributed by atoms with Crippen molar-refractivity contribution in [3.8, 4) is 0 Å². The predicted molar refractivity (Wildman–Crippen MR) is 100 cm³/mol. The lowest BCUT2D eigenvalue weighted by Crippen LogP contribution is -1.99. The summed E-state index contributed by atoms with van der Waals surface area (Å²) in [6, 6.07) is 15.2. The van der Waals surface area contributed by atoms with Crippen molar-refractivity contribution in [1.82, 2.24) is 0 Å². The molecule has 0 radical (unpaired) electrons. The largest absolute Gasteiger partial charge is 0.456 e. The van der Waals surface area contributed by atoms with E-state index in [1.54, 1.807) is 0 Å². The maximum atomic E-state index is 6.06. The molecule has 0 aliphatic rings. The van der Waals surface area contributed by atoms with Crippen molar-refractivity contribution in [2.75, 3.05) is 0 Å². The highest BCUT2D eigenvalue weighted by atomic mass is 16.3. The van der Waals surface area contributed by atoms with Crippen LogP contribution in [-0.2, 0) is 0 Å². The second kappa shape index (κ2) is 7.68. The summed E-state index contributed by atoms with van der Waals surface area (Å²) in [6.45, 7) is 4.57. The molecule has 2 aromatic carbocycles. The lowest BCUT2D eigenvalue weighted by atomic mass is 9.89. The molecule has 0 saturated heterocycles. The molecule has 1 nitrogen and oxygen atoms in total. The molecule has 0 N–H and O–H groups in total. The van der Waals surface area contributed by atoms with Gasteiger partial charge in [-0.3, -0.25) is 0 Å². The Balaban J connectivity index is 1.85. The van der Waals surface area contributed by atoms with Crippen molar-refractivity contribution in [2.45, 2.75) is 64.7 Å².